The Morgan fingerprint density at radius 2 is 1.25 bits per heavy atom. The first-order valence-electron chi connectivity index (χ1n) is 3.34. The van der Waals surface area contributed by atoms with Crippen LogP contribution in [-0.4, -0.2) is 23.8 Å². The highest BCUT2D eigenvalue weighted by molar-refractivity contribution is 7.96. The Kier molecular flexibility index (Phi) is 7.08. The van der Waals surface area contributed by atoms with E-state index in [4.69, 9.17) is 0 Å². The summed E-state index contributed by atoms with van der Waals surface area (Å²) in [5, 5.41) is -1.19. The van der Waals surface area contributed by atoms with Crippen LogP contribution < -0.4 is 0 Å². The van der Waals surface area contributed by atoms with Crippen molar-refractivity contribution in [1.82, 2.24) is 0 Å². The summed E-state index contributed by atoms with van der Waals surface area (Å²) in [5.41, 5.74) is 0. The van der Waals surface area contributed by atoms with E-state index >= 15 is 0 Å². The Balaban J connectivity index is 3.01. The number of unbranched alkanes of at least 4 members (excludes halogenated alkanes) is 1. The Morgan fingerprint density at radius 1 is 0.917 bits per heavy atom. The molecular weight excluding hydrogens is 200 g/mol. The first-order chi connectivity index (χ1) is 5.63. The molecule has 70 valence electrons. The SMILES string of the molecule is O=C(S)OCCCCOC(=O)S. The van der Waals surface area contributed by atoms with E-state index in [9.17, 15) is 9.59 Å². The van der Waals surface area contributed by atoms with Gasteiger partial charge in [-0.05, 0) is 12.8 Å². The van der Waals surface area contributed by atoms with Crippen LogP contribution in [-0.2, 0) is 9.47 Å². The van der Waals surface area contributed by atoms with Crippen LogP contribution in [0.5, 0.6) is 0 Å². The number of rotatable bonds is 5. The van der Waals surface area contributed by atoms with Crippen LogP contribution in [0.25, 0.3) is 0 Å². The monoisotopic (exact) mass is 210 g/mol. The van der Waals surface area contributed by atoms with Crippen LogP contribution in [0.15, 0.2) is 0 Å². The molecular formula is C6H10O4S2. The number of carbonyl (C=O) groups is 2. The zero-order chi connectivity index (χ0) is 9.40. The molecule has 0 rings (SSSR count). The molecule has 0 amide bonds. The zero-order valence-electron chi connectivity index (χ0n) is 6.36. The topological polar surface area (TPSA) is 52.6 Å². The molecule has 0 aliphatic heterocycles. The lowest BCUT2D eigenvalue weighted by molar-refractivity contribution is 0.156. The summed E-state index contributed by atoms with van der Waals surface area (Å²) in [6.07, 6.45) is 1.29. The van der Waals surface area contributed by atoms with Gasteiger partial charge in [0.25, 0.3) is 0 Å². The van der Waals surface area contributed by atoms with Gasteiger partial charge in [0.1, 0.15) is 0 Å². The highest BCUT2D eigenvalue weighted by Gasteiger charge is 1.95. The van der Waals surface area contributed by atoms with Crippen molar-refractivity contribution in [2.45, 2.75) is 12.8 Å². The summed E-state index contributed by atoms with van der Waals surface area (Å²) in [7, 11) is 0. The van der Waals surface area contributed by atoms with Gasteiger partial charge < -0.3 is 9.47 Å². The third-order valence-corrected chi connectivity index (χ3v) is 1.25. The zero-order valence-corrected chi connectivity index (χ0v) is 8.14. The van der Waals surface area contributed by atoms with Gasteiger partial charge in [-0.15, -0.1) is 0 Å². The molecule has 0 atom stereocenters. The van der Waals surface area contributed by atoms with Gasteiger partial charge in [-0.3, -0.25) is 0 Å². The minimum Gasteiger partial charge on any atom is -0.458 e. The highest BCUT2D eigenvalue weighted by Crippen LogP contribution is 1.95. The lowest BCUT2D eigenvalue weighted by Crippen LogP contribution is -2.01. The largest absolute Gasteiger partial charge is 0.458 e. The van der Waals surface area contributed by atoms with Crippen molar-refractivity contribution in [3.63, 3.8) is 0 Å². The molecule has 0 aromatic heterocycles. The molecule has 0 aliphatic rings. The first kappa shape index (κ1) is 11.6. The summed E-state index contributed by atoms with van der Waals surface area (Å²) in [6, 6.07) is 0. The van der Waals surface area contributed by atoms with Crippen molar-refractivity contribution in [3.05, 3.63) is 0 Å². The molecule has 0 fully saturated rings. The number of thiol groups is 2. The second-order valence-electron chi connectivity index (χ2n) is 1.94. The lowest BCUT2D eigenvalue weighted by Gasteiger charge is -2.01. The van der Waals surface area contributed by atoms with Crippen molar-refractivity contribution in [2.24, 2.45) is 0 Å². The van der Waals surface area contributed by atoms with Gasteiger partial charge in [0, 0.05) is 0 Å². The van der Waals surface area contributed by atoms with E-state index in [1.165, 1.54) is 0 Å². The molecule has 0 radical (unpaired) electrons. The maximum Gasteiger partial charge on any atom is 0.364 e. The van der Waals surface area contributed by atoms with Crippen LogP contribution in [0.3, 0.4) is 0 Å². The standard InChI is InChI=1S/C6H10O4S2/c7-5(11)9-3-1-2-4-10-6(8)12/h1-4H2,(H,7,11)(H,8,12). The predicted octanol–water partition coefficient (Wildman–Crippen LogP) is 1.90. The van der Waals surface area contributed by atoms with E-state index in [1.54, 1.807) is 0 Å². The summed E-state index contributed by atoms with van der Waals surface area (Å²) in [5.74, 6) is 0. The van der Waals surface area contributed by atoms with Crippen LogP contribution in [0.4, 0.5) is 9.59 Å². The van der Waals surface area contributed by atoms with Gasteiger partial charge in [0.05, 0.1) is 13.2 Å². The number of ether oxygens (including phenoxy) is 2. The fourth-order valence-electron chi connectivity index (χ4n) is 0.523. The molecule has 0 heterocycles. The Bertz CT molecular complexity index is 142. The average molecular weight is 210 g/mol. The fraction of sp³-hybridized carbons (Fsp3) is 0.667. The van der Waals surface area contributed by atoms with E-state index in [-0.39, 0.29) is 0 Å². The number of hydrogen-bond acceptors (Lipinski definition) is 4. The van der Waals surface area contributed by atoms with Crippen LogP contribution in [0.2, 0.25) is 0 Å². The molecule has 12 heavy (non-hydrogen) atoms. The van der Waals surface area contributed by atoms with Gasteiger partial charge >= 0.3 is 10.6 Å². The second kappa shape index (κ2) is 7.30. The van der Waals surface area contributed by atoms with E-state index in [0.717, 1.165) is 0 Å². The normalized spacial score (nSPS) is 9.17. The van der Waals surface area contributed by atoms with Crippen molar-refractivity contribution in [1.29, 1.82) is 0 Å². The lowest BCUT2D eigenvalue weighted by atomic mass is 10.3. The molecule has 0 bridgehead atoms. The highest BCUT2D eigenvalue weighted by atomic mass is 32.1. The summed E-state index contributed by atoms with van der Waals surface area (Å²) >= 11 is 6.79. The fourth-order valence-corrected chi connectivity index (χ4v) is 0.706. The molecule has 0 saturated carbocycles. The van der Waals surface area contributed by atoms with Crippen molar-refractivity contribution < 1.29 is 19.1 Å². The smallest absolute Gasteiger partial charge is 0.364 e. The van der Waals surface area contributed by atoms with Gasteiger partial charge in [-0.1, -0.05) is 25.3 Å². The molecule has 0 aromatic carbocycles. The molecule has 4 nitrogen and oxygen atoms in total. The van der Waals surface area contributed by atoms with Gasteiger partial charge in [0.2, 0.25) is 0 Å². The minimum absolute atomic E-state index is 0.298. The quantitative estimate of drug-likeness (QED) is 0.413. The molecule has 0 N–H and O–H groups in total. The van der Waals surface area contributed by atoms with Crippen molar-refractivity contribution in [2.75, 3.05) is 13.2 Å². The molecule has 0 aliphatic carbocycles. The van der Waals surface area contributed by atoms with E-state index in [2.05, 4.69) is 34.7 Å². The third kappa shape index (κ3) is 9.64. The number of carbonyl (C=O) groups excluding carboxylic acids is 2. The second-order valence-corrected chi connectivity index (χ2v) is 2.67. The minimum atomic E-state index is -0.596. The molecule has 0 spiro atoms. The van der Waals surface area contributed by atoms with Gasteiger partial charge in [-0.25, -0.2) is 9.59 Å². The number of hydrogen-bond donors (Lipinski definition) is 2. The summed E-state index contributed by atoms with van der Waals surface area (Å²) in [4.78, 5) is 20.3. The van der Waals surface area contributed by atoms with Crippen molar-refractivity contribution >= 4 is 35.9 Å². The van der Waals surface area contributed by atoms with Crippen molar-refractivity contribution in [3.8, 4) is 0 Å². The van der Waals surface area contributed by atoms with Crippen LogP contribution in [0, 0.1) is 0 Å². The van der Waals surface area contributed by atoms with E-state index in [0.29, 0.717) is 26.1 Å². The van der Waals surface area contributed by atoms with Crippen LogP contribution in [0.1, 0.15) is 12.8 Å². The van der Waals surface area contributed by atoms with E-state index in [1.807, 2.05) is 0 Å². The molecule has 0 saturated heterocycles. The molecule has 0 aromatic rings. The molecule has 0 unspecified atom stereocenters. The maximum atomic E-state index is 10.1. The Morgan fingerprint density at radius 3 is 1.50 bits per heavy atom. The molecule has 6 heteroatoms. The average Bonchev–Trinajstić information content (AvgIpc) is 1.95. The maximum absolute atomic E-state index is 10.1. The van der Waals surface area contributed by atoms with E-state index < -0.39 is 10.6 Å². The third-order valence-electron chi connectivity index (χ3n) is 0.990. The van der Waals surface area contributed by atoms with Crippen LogP contribution >= 0.6 is 25.3 Å². The predicted molar refractivity (Wildman–Crippen MR) is 49.9 cm³/mol. The first-order valence-corrected chi connectivity index (χ1v) is 4.24. The summed E-state index contributed by atoms with van der Waals surface area (Å²) < 4.78 is 9.03. The Labute approximate surface area is 81.4 Å². The van der Waals surface area contributed by atoms with Gasteiger partial charge in [-0.2, -0.15) is 0 Å². The Hall–Kier alpha value is -0.360. The van der Waals surface area contributed by atoms with Gasteiger partial charge in [0.15, 0.2) is 0 Å². The summed E-state index contributed by atoms with van der Waals surface area (Å²) in [6.45, 7) is 0.596.